The molecule has 14 heavy (non-hydrogen) atoms. The number of hydrogen-bond donors (Lipinski definition) is 1. The van der Waals surface area contributed by atoms with Crippen LogP contribution in [-0.4, -0.2) is 10.0 Å². The summed E-state index contributed by atoms with van der Waals surface area (Å²) in [6.45, 7) is 3.58. The lowest BCUT2D eigenvalue weighted by Gasteiger charge is -2.03. The topological polar surface area (TPSA) is 63.4 Å². The highest BCUT2D eigenvalue weighted by Gasteiger charge is 2.16. The molecule has 0 aliphatic heterocycles. The zero-order valence-corrected chi connectivity index (χ0v) is 8.02. The Morgan fingerprint density at radius 2 is 2.14 bits per heavy atom. The predicted molar refractivity (Wildman–Crippen MR) is 54.2 cm³/mol. The maximum atomic E-state index is 10.5. The lowest BCUT2D eigenvalue weighted by molar-refractivity contribution is -0.385. The molecule has 1 rings (SSSR count). The van der Waals surface area contributed by atoms with Crippen molar-refractivity contribution < 1.29 is 10.0 Å². The van der Waals surface area contributed by atoms with Gasteiger partial charge in [0.2, 0.25) is 5.75 Å². The van der Waals surface area contributed by atoms with Crippen LogP contribution >= 0.6 is 0 Å². The molecule has 0 aromatic heterocycles. The minimum absolute atomic E-state index is 0.260. The van der Waals surface area contributed by atoms with Crippen LogP contribution in [0.4, 0.5) is 5.69 Å². The molecule has 1 aromatic carbocycles. The molecule has 74 valence electrons. The van der Waals surface area contributed by atoms with Crippen molar-refractivity contribution in [3.05, 3.63) is 39.4 Å². The normalized spacial score (nSPS) is 10.7. The summed E-state index contributed by atoms with van der Waals surface area (Å²) in [7, 11) is 0. The van der Waals surface area contributed by atoms with Crippen LogP contribution in [0.15, 0.2) is 18.2 Å². The van der Waals surface area contributed by atoms with Gasteiger partial charge in [0.25, 0.3) is 0 Å². The van der Waals surface area contributed by atoms with Crippen molar-refractivity contribution in [2.24, 2.45) is 0 Å². The number of allylic oxidation sites excluding steroid dienone is 1. The van der Waals surface area contributed by atoms with Gasteiger partial charge in [-0.15, -0.1) is 0 Å². The van der Waals surface area contributed by atoms with Crippen LogP contribution in [0.25, 0.3) is 6.08 Å². The Balaban J connectivity index is 3.40. The van der Waals surface area contributed by atoms with Crippen LogP contribution in [0.5, 0.6) is 5.75 Å². The van der Waals surface area contributed by atoms with Crippen LogP contribution in [0.3, 0.4) is 0 Å². The summed E-state index contributed by atoms with van der Waals surface area (Å²) in [4.78, 5) is 9.92. The van der Waals surface area contributed by atoms with Gasteiger partial charge >= 0.3 is 5.69 Å². The molecule has 0 fully saturated rings. The Kier molecular flexibility index (Phi) is 2.86. The summed E-state index contributed by atoms with van der Waals surface area (Å²) in [5, 5.41) is 20.1. The van der Waals surface area contributed by atoms with Gasteiger partial charge in [0.1, 0.15) is 0 Å². The Labute approximate surface area is 81.6 Å². The van der Waals surface area contributed by atoms with Gasteiger partial charge in [-0.05, 0) is 19.4 Å². The molecule has 0 unspecified atom stereocenters. The molecule has 4 heteroatoms. The van der Waals surface area contributed by atoms with Crippen LogP contribution in [0, 0.1) is 17.0 Å². The molecule has 1 N–H and O–H groups in total. The minimum Gasteiger partial charge on any atom is -0.502 e. The van der Waals surface area contributed by atoms with Gasteiger partial charge < -0.3 is 5.11 Å². The highest BCUT2D eigenvalue weighted by Crippen LogP contribution is 2.32. The highest BCUT2D eigenvalue weighted by atomic mass is 16.6. The van der Waals surface area contributed by atoms with Crippen LogP contribution in [-0.2, 0) is 0 Å². The Hall–Kier alpha value is -1.84. The van der Waals surface area contributed by atoms with E-state index >= 15 is 0 Å². The van der Waals surface area contributed by atoms with Crippen molar-refractivity contribution in [3.8, 4) is 5.75 Å². The van der Waals surface area contributed by atoms with Gasteiger partial charge in [0.15, 0.2) is 0 Å². The number of phenols is 1. The zero-order valence-electron chi connectivity index (χ0n) is 8.02. The lowest BCUT2D eigenvalue weighted by atomic mass is 10.1. The second kappa shape index (κ2) is 3.91. The second-order valence-electron chi connectivity index (χ2n) is 2.92. The van der Waals surface area contributed by atoms with Crippen molar-refractivity contribution in [1.82, 2.24) is 0 Å². The second-order valence-corrected chi connectivity index (χ2v) is 2.92. The van der Waals surface area contributed by atoms with E-state index in [2.05, 4.69) is 0 Å². The summed E-state index contributed by atoms with van der Waals surface area (Å²) in [5.41, 5.74) is 1.05. The summed E-state index contributed by atoms with van der Waals surface area (Å²) in [5.74, 6) is -0.270. The standard InChI is InChI=1S/C10H11NO3/c1-3-4-8-7(2)5-6-9(10(8)12)11(13)14/h3-6,12H,1-2H3. The molecular weight excluding hydrogens is 182 g/mol. The van der Waals surface area contributed by atoms with E-state index in [1.54, 1.807) is 32.1 Å². The number of nitrogens with zero attached hydrogens (tertiary/aromatic N) is 1. The Morgan fingerprint density at radius 3 is 2.64 bits per heavy atom. The van der Waals surface area contributed by atoms with Gasteiger partial charge in [-0.3, -0.25) is 10.1 Å². The number of rotatable bonds is 2. The Bertz CT molecular complexity index is 397. The molecular formula is C10H11NO3. The first-order valence-electron chi connectivity index (χ1n) is 4.17. The number of nitro groups is 1. The predicted octanol–water partition coefficient (Wildman–Crippen LogP) is 2.64. The van der Waals surface area contributed by atoms with Crippen LogP contribution in [0.1, 0.15) is 18.1 Å². The van der Waals surface area contributed by atoms with E-state index in [4.69, 9.17) is 0 Å². The number of nitro benzene ring substituents is 1. The quantitative estimate of drug-likeness (QED) is 0.580. The number of aryl methyl sites for hydroxylation is 1. The molecule has 0 saturated carbocycles. The smallest absolute Gasteiger partial charge is 0.311 e. The largest absolute Gasteiger partial charge is 0.502 e. The first-order valence-corrected chi connectivity index (χ1v) is 4.17. The first kappa shape index (κ1) is 10.2. The first-order chi connectivity index (χ1) is 6.57. The fraction of sp³-hybridized carbons (Fsp3) is 0.200. The van der Waals surface area contributed by atoms with E-state index in [-0.39, 0.29) is 11.4 Å². The molecule has 4 nitrogen and oxygen atoms in total. The SMILES string of the molecule is CC=Cc1c(C)ccc([N+](=O)[O-])c1O. The van der Waals surface area contributed by atoms with Crippen molar-refractivity contribution in [2.45, 2.75) is 13.8 Å². The molecule has 0 aliphatic rings. The van der Waals surface area contributed by atoms with Crippen LogP contribution < -0.4 is 0 Å². The molecule has 0 aliphatic carbocycles. The fourth-order valence-electron chi connectivity index (χ4n) is 1.22. The summed E-state index contributed by atoms with van der Waals surface area (Å²) < 4.78 is 0. The van der Waals surface area contributed by atoms with Gasteiger partial charge in [-0.25, -0.2) is 0 Å². The van der Waals surface area contributed by atoms with Gasteiger partial charge in [-0.1, -0.05) is 18.2 Å². The van der Waals surface area contributed by atoms with Crippen molar-refractivity contribution in [1.29, 1.82) is 0 Å². The fourth-order valence-corrected chi connectivity index (χ4v) is 1.22. The van der Waals surface area contributed by atoms with Crippen molar-refractivity contribution in [2.75, 3.05) is 0 Å². The van der Waals surface area contributed by atoms with Gasteiger partial charge in [0, 0.05) is 11.6 Å². The number of benzene rings is 1. The van der Waals surface area contributed by atoms with E-state index in [1.165, 1.54) is 6.07 Å². The maximum Gasteiger partial charge on any atom is 0.311 e. The molecule has 1 aromatic rings. The summed E-state index contributed by atoms with van der Waals surface area (Å²) in [6, 6.07) is 2.92. The average molecular weight is 193 g/mol. The van der Waals surface area contributed by atoms with Gasteiger partial charge in [-0.2, -0.15) is 0 Å². The molecule has 0 bridgehead atoms. The van der Waals surface area contributed by atoms with E-state index < -0.39 is 4.92 Å². The highest BCUT2D eigenvalue weighted by molar-refractivity contribution is 5.67. The number of hydrogen-bond acceptors (Lipinski definition) is 3. The zero-order chi connectivity index (χ0) is 10.7. The molecule has 0 heterocycles. The molecule has 0 spiro atoms. The monoisotopic (exact) mass is 193 g/mol. The Morgan fingerprint density at radius 1 is 1.50 bits per heavy atom. The average Bonchev–Trinajstić information content (AvgIpc) is 2.11. The van der Waals surface area contributed by atoms with E-state index in [0.717, 1.165) is 5.56 Å². The van der Waals surface area contributed by atoms with Crippen molar-refractivity contribution in [3.63, 3.8) is 0 Å². The van der Waals surface area contributed by atoms with Gasteiger partial charge in [0.05, 0.1) is 4.92 Å². The summed E-state index contributed by atoms with van der Waals surface area (Å²) >= 11 is 0. The minimum atomic E-state index is -0.595. The molecule has 0 saturated heterocycles. The van der Waals surface area contributed by atoms with E-state index in [1.807, 2.05) is 0 Å². The lowest BCUT2D eigenvalue weighted by Crippen LogP contribution is -1.91. The van der Waals surface area contributed by atoms with E-state index in [0.29, 0.717) is 5.56 Å². The number of phenolic OH excluding ortho intramolecular Hbond substituents is 1. The third-order valence-electron chi connectivity index (χ3n) is 1.94. The van der Waals surface area contributed by atoms with Crippen molar-refractivity contribution >= 4 is 11.8 Å². The molecule has 0 amide bonds. The number of aromatic hydroxyl groups is 1. The molecule has 0 atom stereocenters. The van der Waals surface area contributed by atoms with E-state index in [9.17, 15) is 15.2 Å². The summed E-state index contributed by atoms with van der Waals surface area (Å²) in [6.07, 6.45) is 3.38. The molecule has 0 radical (unpaired) electrons. The third-order valence-corrected chi connectivity index (χ3v) is 1.94. The van der Waals surface area contributed by atoms with Crippen LogP contribution in [0.2, 0.25) is 0 Å². The third kappa shape index (κ3) is 1.74. The maximum absolute atomic E-state index is 10.5.